The van der Waals surface area contributed by atoms with E-state index < -0.39 is 0 Å². The first-order valence-electron chi connectivity index (χ1n) is 2.77. The Hall–Kier alpha value is 0.0700. The van der Waals surface area contributed by atoms with Crippen molar-refractivity contribution in [3.8, 4) is 0 Å². The molecule has 1 heterocycles. The van der Waals surface area contributed by atoms with Crippen LogP contribution in [0.25, 0.3) is 0 Å². The number of methoxy groups -OCH3 is 1. The van der Waals surface area contributed by atoms with E-state index in [0.29, 0.717) is 0 Å². The van der Waals surface area contributed by atoms with E-state index in [1.54, 1.807) is 11.8 Å². The lowest BCUT2D eigenvalue weighted by Crippen LogP contribution is -2.29. The van der Waals surface area contributed by atoms with E-state index in [-0.39, 0.29) is 23.8 Å². The van der Waals surface area contributed by atoms with Gasteiger partial charge < -0.3 is 4.74 Å². The van der Waals surface area contributed by atoms with Gasteiger partial charge >= 0.3 is 5.97 Å². The van der Waals surface area contributed by atoms with Crippen molar-refractivity contribution in [2.45, 2.75) is 5.37 Å². The second kappa shape index (κ2) is 4.82. The van der Waals surface area contributed by atoms with Crippen molar-refractivity contribution in [3.05, 3.63) is 0 Å². The van der Waals surface area contributed by atoms with E-state index in [0.717, 1.165) is 12.3 Å². The highest BCUT2D eigenvalue weighted by Crippen LogP contribution is 2.13. The molecule has 3 nitrogen and oxygen atoms in total. The molecule has 1 saturated heterocycles. The third-order valence-electron chi connectivity index (χ3n) is 1.13. The number of hydrogen-bond donors (Lipinski definition) is 1. The highest BCUT2D eigenvalue weighted by atomic mass is 35.5. The Balaban J connectivity index is 0.000000810. The van der Waals surface area contributed by atoms with Crippen molar-refractivity contribution in [2.75, 3.05) is 19.4 Å². The Morgan fingerprint density at radius 2 is 2.50 bits per heavy atom. The van der Waals surface area contributed by atoms with Crippen LogP contribution in [0.1, 0.15) is 0 Å². The molecule has 1 aliphatic rings. The van der Waals surface area contributed by atoms with Crippen molar-refractivity contribution >= 4 is 30.1 Å². The fourth-order valence-corrected chi connectivity index (χ4v) is 1.62. The molecule has 0 aromatic carbocycles. The standard InChI is InChI=1S/C5H9NO2S.ClH/c1-8-5(7)4-6-2-3-9-4;/h4,6H,2-3H2,1H3;1H/t4-;/m0./s1. The summed E-state index contributed by atoms with van der Waals surface area (Å²) in [5.41, 5.74) is 0. The lowest BCUT2D eigenvalue weighted by atomic mass is 10.6. The molecule has 0 saturated carbocycles. The monoisotopic (exact) mass is 183 g/mol. The molecule has 0 aromatic rings. The van der Waals surface area contributed by atoms with Crippen molar-refractivity contribution < 1.29 is 9.53 Å². The van der Waals surface area contributed by atoms with Crippen LogP contribution in [0.2, 0.25) is 0 Å². The summed E-state index contributed by atoms with van der Waals surface area (Å²) >= 11 is 1.59. The van der Waals surface area contributed by atoms with Crippen molar-refractivity contribution in [1.82, 2.24) is 5.32 Å². The SMILES string of the molecule is COC(=O)[C@H]1NCCS1.Cl. The molecule has 0 bridgehead atoms. The van der Waals surface area contributed by atoms with Crippen LogP contribution in [-0.4, -0.2) is 30.8 Å². The van der Waals surface area contributed by atoms with Crippen LogP contribution in [0, 0.1) is 0 Å². The number of esters is 1. The van der Waals surface area contributed by atoms with Crippen molar-refractivity contribution in [3.63, 3.8) is 0 Å². The van der Waals surface area contributed by atoms with E-state index in [1.807, 2.05) is 0 Å². The maximum atomic E-state index is 10.7. The molecule has 1 N–H and O–H groups in total. The van der Waals surface area contributed by atoms with Crippen LogP contribution >= 0.6 is 24.2 Å². The maximum absolute atomic E-state index is 10.7. The molecule has 0 aromatic heterocycles. The molecule has 1 aliphatic heterocycles. The van der Waals surface area contributed by atoms with Crippen LogP contribution < -0.4 is 5.32 Å². The average Bonchev–Trinajstić information content (AvgIpc) is 2.37. The second-order valence-electron chi connectivity index (χ2n) is 1.73. The zero-order chi connectivity index (χ0) is 6.69. The number of carbonyl (C=O) groups excluding carboxylic acids is 1. The Bertz CT molecular complexity index is 116. The van der Waals surface area contributed by atoms with Gasteiger partial charge in [-0.1, -0.05) is 0 Å². The van der Waals surface area contributed by atoms with Gasteiger partial charge in [0.15, 0.2) is 5.37 Å². The summed E-state index contributed by atoms with van der Waals surface area (Å²) in [6, 6.07) is 0. The van der Waals surface area contributed by atoms with E-state index >= 15 is 0 Å². The zero-order valence-electron chi connectivity index (χ0n) is 5.62. The fourth-order valence-electron chi connectivity index (χ4n) is 0.684. The van der Waals surface area contributed by atoms with Gasteiger partial charge in [-0.15, -0.1) is 24.2 Å². The number of ether oxygens (including phenoxy) is 1. The lowest BCUT2D eigenvalue weighted by molar-refractivity contribution is -0.140. The summed E-state index contributed by atoms with van der Waals surface area (Å²) in [6.45, 7) is 0.907. The number of carbonyl (C=O) groups is 1. The fraction of sp³-hybridized carbons (Fsp3) is 0.800. The molecule has 0 radical (unpaired) electrons. The summed E-state index contributed by atoms with van der Waals surface area (Å²) in [6.07, 6.45) is 0. The number of thioether (sulfide) groups is 1. The topological polar surface area (TPSA) is 38.3 Å². The smallest absolute Gasteiger partial charge is 0.333 e. The third kappa shape index (κ3) is 2.36. The predicted octanol–water partition coefficient (Wildman–Crippen LogP) is 0.244. The number of halogens is 1. The van der Waals surface area contributed by atoms with Gasteiger partial charge in [0, 0.05) is 12.3 Å². The van der Waals surface area contributed by atoms with Crippen molar-refractivity contribution in [1.29, 1.82) is 0 Å². The van der Waals surface area contributed by atoms with E-state index in [1.165, 1.54) is 7.11 Å². The summed E-state index contributed by atoms with van der Waals surface area (Å²) in [4.78, 5) is 10.7. The Morgan fingerprint density at radius 1 is 1.80 bits per heavy atom. The molecule has 1 rings (SSSR count). The van der Waals surface area contributed by atoms with E-state index in [4.69, 9.17) is 0 Å². The molecular weight excluding hydrogens is 174 g/mol. The molecule has 0 aliphatic carbocycles. The van der Waals surface area contributed by atoms with Gasteiger partial charge in [-0.2, -0.15) is 0 Å². The second-order valence-corrected chi connectivity index (χ2v) is 2.94. The summed E-state index contributed by atoms with van der Waals surface area (Å²) in [7, 11) is 1.41. The lowest BCUT2D eigenvalue weighted by Gasteiger charge is -2.04. The van der Waals surface area contributed by atoms with Gasteiger partial charge in [-0.05, 0) is 0 Å². The highest BCUT2D eigenvalue weighted by molar-refractivity contribution is 8.00. The molecule has 1 fully saturated rings. The number of nitrogens with one attached hydrogen (secondary N) is 1. The summed E-state index contributed by atoms with van der Waals surface area (Å²) in [5.74, 6) is 0.831. The van der Waals surface area contributed by atoms with Crippen LogP contribution in [0.5, 0.6) is 0 Å². The van der Waals surface area contributed by atoms with Gasteiger partial charge in [-0.3, -0.25) is 5.32 Å². The molecule has 5 heteroatoms. The Labute approximate surface area is 70.3 Å². The molecule has 60 valence electrons. The first-order chi connectivity index (χ1) is 4.34. The summed E-state index contributed by atoms with van der Waals surface area (Å²) < 4.78 is 4.51. The quantitative estimate of drug-likeness (QED) is 0.592. The number of rotatable bonds is 1. The van der Waals surface area contributed by atoms with Gasteiger partial charge in [0.05, 0.1) is 7.11 Å². The van der Waals surface area contributed by atoms with Gasteiger partial charge in [0.2, 0.25) is 0 Å². The molecule has 1 atom stereocenters. The van der Waals surface area contributed by atoms with Crippen molar-refractivity contribution in [2.24, 2.45) is 0 Å². The minimum absolute atomic E-state index is 0. The van der Waals surface area contributed by atoms with E-state index in [2.05, 4.69) is 10.1 Å². The minimum Gasteiger partial charge on any atom is -0.467 e. The average molecular weight is 184 g/mol. The molecular formula is C5H10ClNO2S. The molecule has 0 amide bonds. The molecule has 0 unspecified atom stereocenters. The van der Waals surface area contributed by atoms with Crippen LogP contribution in [0.15, 0.2) is 0 Å². The third-order valence-corrected chi connectivity index (χ3v) is 2.26. The number of hydrogen-bond acceptors (Lipinski definition) is 4. The van der Waals surface area contributed by atoms with Gasteiger partial charge in [0.25, 0.3) is 0 Å². The Kier molecular flexibility index (Phi) is 4.85. The molecule has 0 spiro atoms. The van der Waals surface area contributed by atoms with Gasteiger partial charge in [-0.25, -0.2) is 4.79 Å². The van der Waals surface area contributed by atoms with Crippen LogP contribution in [-0.2, 0) is 9.53 Å². The van der Waals surface area contributed by atoms with Crippen LogP contribution in [0.3, 0.4) is 0 Å². The Morgan fingerprint density at radius 3 is 2.90 bits per heavy atom. The largest absolute Gasteiger partial charge is 0.467 e. The van der Waals surface area contributed by atoms with E-state index in [9.17, 15) is 4.79 Å². The predicted molar refractivity (Wildman–Crippen MR) is 43.5 cm³/mol. The summed E-state index contributed by atoms with van der Waals surface area (Å²) in [5, 5.41) is 2.88. The maximum Gasteiger partial charge on any atom is 0.333 e. The highest BCUT2D eigenvalue weighted by Gasteiger charge is 2.22. The first kappa shape index (κ1) is 10.1. The zero-order valence-corrected chi connectivity index (χ0v) is 7.26. The van der Waals surface area contributed by atoms with Gasteiger partial charge in [0.1, 0.15) is 0 Å². The molecule has 10 heavy (non-hydrogen) atoms. The minimum atomic E-state index is -0.169. The van der Waals surface area contributed by atoms with Crippen LogP contribution in [0.4, 0.5) is 0 Å². The normalized spacial score (nSPS) is 23.5. The first-order valence-corrected chi connectivity index (χ1v) is 3.82.